The molecule has 0 aliphatic carbocycles. The summed E-state index contributed by atoms with van der Waals surface area (Å²) in [5.41, 5.74) is 7.00. The second-order valence-corrected chi connectivity index (χ2v) is 4.73. The quantitative estimate of drug-likeness (QED) is 0.790. The van der Waals surface area contributed by atoms with E-state index in [0.717, 1.165) is 12.1 Å². The van der Waals surface area contributed by atoms with Crippen molar-refractivity contribution in [1.29, 1.82) is 0 Å². The van der Waals surface area contributed by atoms with Gasteiger partial charge in [-0.2, -0.15) is 0 Å². The molecule has 3 N–H and O–H groups in total. The first-order valence-electron chi connectivity index (χ1n) is 6.40. The van der Waals surface area contributed by atoms with E-state index >= 15 is 0 Å². The Hall–Kier alpha value is -2.63. The molecule has 0 aromatic heterocycles. The molecule has 1 aliphatic heterocycles. The fraction of sp³-hybridized carbons (Fsp3) is 0.133. The van der Waals surface area contributed by atoms with Gasteiger partial charge in [-0.05, 0) is 37.3 Å². The first kappa shape index (κ1) is 13.4. The van der Waals surface area contributed by atoms with Gasteiger partial charge < -0.3 is 15.8 Å². The monoisotopic (exact) mass is 289 g/mol. The smallest absolute Gasteiger partial charge is 0.153 e. The minimum Gasteiger partial charge on any atom is -0.481 e. The van der Waals surface area contributed by atoms with E-state index in [4.69, 9.17) is 10.5 Å². The predicted molar refractivity (Wildman–Crippen MR) is 78.0 cm³/mol. The number of benzene rings is 2. The molecular weight excluding hydrogens is 276 g/mol. The molecule has 21 heavy (non-hydrogen) atoms. The standard InChI is InChI=1S/C15H13F2N3O/c1-8-15(19-12-4-2-9(16)6-11(12)17)20-13-7-10(18)3-5-14(13)21-8/h2-8H,18H2,1H3,(H,19,20). The fourth-order valence-corrected chi connectivity index (χ4v) is 2.05. The molecular formula is C15H13F2N3O. The molecule has 6 heteroatoms. The van der Waals surface area contributed by atoms with Crippen LogP contribution in [0.25, 0.3) is 0 Å². The molecule has 1 atom stereocenters. The summed E-state index contributed by atoms with van der Waals surface area (Å²) < 4.78 is 32.2. The lowest BCUT2D eigenvalue weighted by Gasteiger charge is -2.26. The molecule has 0 saturated carbocycles. The van der Waals surface area contributed by atoms with Crippen molar-refractivity contribution in [3.05, 3.63) is 48.0 Å². The predicted octanol–water partition coefficient (Wildman–Crippen LogP) is 3.47. The SMILES string of the molecule is CC1Oc2ccc(N)cc2NC1=Nc1ccc(F)cc1F. The number of nitrogens with one attached hydrogen (secondary N) is 1. The highest BCUT2D eigenvalue weighted by Crippen LogP contribution is 2.32. The Morgan fingerprint density at radius 1 is 1.19 bits per heavy atom. The average Bonchev–Trinajstić information content (AvgIpc) is 2.43. The van der Waals surface area contributed by atoms with Gasteiger partial charge in [0.15, 0.2) is 11.9 Å². The zero-order valence-corrected chi connectivity index (χ0v) is 11.2. The Bertz CT molecular complexity index is 731. The van der Waals surface area contributed by atoms with Gasteiger partial charge in [-0.15, -0.1) is 0 Å². The molecule has 3 rings (SSSR count). The molecule has 0 spiro atoms. The first-order valence-corrected chi connectivity index (χ1v) is 6.40. The number of nitrogen functional groups attached to an aromatic ring is 1. The second kappa shape index (κ2) is 5.05. The average molecular weight is 289 g/mol. The third-order valence-electron chi connectivity index (χ3n) is 3.11. The van der Waals surface area contributed by atoms with Crippen LogP contribution in [0.3, 0.4) is 0 Å². The minimum atomic E-state index is -0.727. The summed E-state index contributed by atoms with van der Waals surface area (Å²) >= 11 is 0. The highest BCUT2D eigenvalue weighted by Gasteiger charge is 2.22. The number of aliphatic imine (C=N–C) groups is 1. The van der Waals surface area contributed by atoms with Crippen molar-refractivity contribution in [3.63, 3.8) is 0 Å². The summed E-state index contributed by atoms with van der Waals surface area (Å²) in [6, 6.07) is 8.42. The van der Waals surface area contributed by atoms with Crippen molar-refractivity contribution < 1.29 is 13.5 Å². The van der Waals surface area contributed by atoms with Crippen LogP contribution in [0, 0.1) is 11.6 Å². The van der Waals surface area contributed by atoms with E-state index in [-0.39, 0.29) is 11.8 Å². The first-order chi connectivity index (χ1) is 10.0. The number of amidine groups is 1. The number of fused-ring (bicyclic) bond motifs is 1. The lowest BCUT2D eigenvalue weighted by molar-refractivity contribution is 0.283. The fourth-order valence-electron chi connectivity index (χ4n) is 2.05. The second-order valence-electron chi connectivity index (χ2n) is 4.73. The van der Waals surface area contributed by atoms with E-state index in [1.165, 1.54) is 6.07 Å². The zero-order valence-electron chi connectivity index (χ0n) is 11.2. The van der Waals surface area contributed by atoms with E-state index in [2.05, 4.69) is 10.3 Å². The van der Waals surface area contributed by atoms with Crippen molar-refractivity contribution >= 4 is 22.9 Å². The van der Waals surface area contributed by atoms with Crippen LogP contribution in [0.2, 0.25) is 0 Å². The van der Waals surface area contributed by atoms with Crippen molar-refractivity contribution in [2.24, 2.45) is 4.99 Å². The van der Waals surface area contributed by atoms with E-state index < -0.39 is 11.6 Å². The van der Waals surface area contributed by atoms with Crippen LogP contribution in [0.4, 0.5) is 25.8 Å². The highest BCUT2D eigenvalue weighted by molar-refractivity contribution is 6.03. The van der Waals surface area contributed by atoms with Crippen LogP contribution >= 0.6 is 0 Å². The van der Waals surface area contributed by atoms with Gasteiger partial charge >= 0.3 is 0 Å². The van der Waals surface area contributed by atoms with E-state index in [1.54, 1.807) is 25.1 Å². The minimum absolute atomic E-state index is 0.0432. The van der Waals surface area contributed by atoms with Gasteiger partial charge in [0.1, 0.15) is 23.1 Å². The Morgan fingerprint density at radius 3 is 2.76 bits per heavy atom. The van der Waals surface area contributed by atoms with Gasteiger partial charge in [-0.3, -0.25) is 0 Å². The van der Waals surface area contributed by atoms with Crippen molar-refractivity contribution in [3.8, 4) is 5.75 Å². The Labute approximate surface area is 120 Å². The lowest BCUT2D eigenvalue weighted by Crippen LogP contribution is -2.34. The maximum absolute atomic E-state index is 13.7. The van der Waals surface area contributed by atoms with Crippen molar-refractivity contribution in [1.82, 2.24) is 0 Å². The highest BCUT2D eigenvalue weighted by atomic mass is 19.1. The number of halogens is 2. The number of ether oxygens (including phenoxy) is 1. The number of nitrogens with zero attached hydrogens (tertiary/aromatic N) is 1. The molecule has 1 unspecified atom stereocenters. The Morgan fingerprint density at radius 2 is 2.00 bits per heavy atom. The van der Waals surface area contributed by atoms with Crippen LogP contribution in [0.1, 0.15) is 6.92 Å². The molecule has 2 aromatic carbocycles. The molecule has 0 amide bonds. The Kier molecular flexibility index (Phi) is 3.21. The number of rotatable bonds is 1. The van der Waals surface area contributed by atoms with E-state index in [0.29, 0.717) is 23.0 Å². The van der Waals surface area contributed by atoms with Crippen LogP contribution < -0.4 is 15.8 Å². The van der Waals surface area contributed by atoms with Gasteiger partial charge in [-0.25, -0.2) is 13.8 Å². The third kappa shape index (κ3) is 2.65. The third-order valence-corrected chi connectivity index (χ3v) is 3.11. The molecule has 4 nitrogen and oxygen atoms in total. The maximum atomic E-state index is 13.7. The molecule has 2 aromatic rings. The van der Waals surface area contributed by atoms with Gasteiger partial charge in [0.05, 0.1) is 5.69 Å². The van der Waals surface area contributed by atoms with Crippen molar-refractivity contribution in [2.75, 3.05) is 11.1 Å². The normalized spacial score (nSPS) is 18.8. The topological polar surface area (TPSA) is 59.6 Å². The molecule has 0 saturated heterocycles. The van der Waals surface area contributed by atoms with E-state index in [9.17, 15) is 8.78 Å². The number of anilines is 2. The summed E-state index contributed by atoms with van der Waals surface area (Å²) in [6.07, 6.45) is -0.384. The summed E-state index contributed by atoms with van der Waals surface area (Å²) in [4.78, 5) is 4.17. The molecule has 108 valence electrons. The van der Waals surface area contributed by atoms with Gasteiger partial charge in [0, 0.05) is 11.8 Å². The number of nitrogens with two attached hydrogens (primary N) is 1. The maximum Gasteiger partial charge on any atom is 0.153 e. The van der Waals surface area contributed by atoms with Gasteiger partial charge in [-0.1, -0.05) is 0 Å². The number of hydrogen-bond donors (Lipinski definition) is 2. The van der Waals surface area contributed by atoms with Crippen LogP contribution in [-0.2, 0) is 0 Å². The van der Waals surface area contributed by atoms with Crippen LogP contribution in [0.15, 0.2) is 41.4 Å². The van der Waals surface area contributed by atoms with Crippen LogP contribution in [0.5, 0.6) is 5.75 Å². The summed E-state index contributed by atoms with van der Waals surface area (Å²) in [5, 5.41) is 3.06. The molecule has 0 radical (unpaired) electrons. The zero-order chi connectivity index (χ0) is 15.0. The largest absolute Gasteiger partial charge is 0.481 e. The lowest BCUT2D eigenvalue weighted by atomic mass is 10.2. The summed E-state index contributed by atoms with van der Waals surface area (Å²) in [6.45, 7) is 1.78. The summed E-state index contributed by atoms with van der Waals surface area (Å²) in [7, 11) is 0. The molecule has 0 bridgehead atoms. The molecule has 1 aliphatic rings. The molecule has 1 heterocycles. The van der Waals surface area contributed by atoms with E-state index in [1.807, 2.05) is 0 Å². The number of hydrogen-bond acceptors (Lipinski definition) is 3. The molecule has 0 fully saturated rings. The van der Waals surface area contributed by atoms with Crippen molar-refractivity contribution in [2.45, 2.75) is 13.0 Å². The summed E-state index contributed by atoms with van der Waals surface area (Å²) in [5.74, 6) is -0.292. The van der Waals surface area contributed by atoms with Gasteiger partial charge in [0.25, 0.3) is 0 Å². The Balaban J connectivity index is 1.97. The van der Waals surface area contributed by atoms with Gasteiger partial charge in [0.2, 0.25) is 0 Å². The van der Waals surface area contributed by atoms with Crippen LogP contribution in [-0.4, -0.2) is 11.9 Å².